The smallest absolute Gasteiger partial charge is 0.253 e. The van der Waals surface area contributed by atoms with Crippen molar-refractivity contribution in [2.24, 2.45) is 0 Å². The van der Waals surface area contributed by atoms with E-state index in [0.717, 1.165) is 35.2 Å². The van der Waals surface area contributed by atoms with Gasteiger partial charge in [-0.25, -0.2) is 4.98 Å². The van der Waals surface area contributed by atoms with Gasteiger partial charge in [-0.3, -0.25) is 9.59 Å². The van der Waals surface area contributed by atoms with E-state index >= 15 is 0 Å². The second-order valence-electron chi connectivity index (χ2n) is 8.71. The number of hydrogen-bond donors (Lipinski definition) is 1. The molecule has 0 radical (unpaired) electrons. The zero-order valence-electron chi connectivity index (χ0n) is 18.8. The van der Waals surface area contributed by atoms with Crippen molar-refractivity contribution in [2.45, 2.75) is 25.2 Å². The fraction of sp³-hybridized carbons (Fsp3) is 0.269. The van der Waals surface area contributed by atoms with E-state index in [9.17, 15) is 9.59 Å². The predicted octanol–water partition coefficient (Wildman–Crippen LogP) is 4.16. The zero-order valence-corrected chi connectivity index (χ0v) is 18.8. The monoisotopic (exact) mass is 443 g/mol. The number of amides is 2. The fourth-order valence-corrected chi connectivity index (χ4v) is 4.19. The molecule has 1 aliphatic carbocycles. The normalized spacial score (nSPS) is 15.1. The quantitative estimate of drug-likeness (QED) is 0.641. The number of ether oxygens (including phenoxy) is 2. The third kappa shape index (κ3) is 3.80. The molecule has 2 aromatic carbocycles. The summed E-state index contributed by atoms with van der Waals surface area (Å²) in [5, 5.41) is 2.99. The van der Waals surface area contributed by atoms with Gasteiger partial charge in [0.1, 0.15) is 5.82 Å². The Bertz CT molecular complexity index is 1250. The van der Waals surface area contributed by atoms with Crippen LogP contribution >= 0.6 is 0 Å². The maximum absolute atomic E-state index is 13.2. The Balaban J connectivity index is 1.33. The largest absolute Gasteiger partial charge is 0.454 e. The lowest BCUT2D eigenvalue weighted by atomic mass is 9.94. The highest BCUT2D eigenvalue weighted by molar-refractivity contribution is 6.01. The van der Waals surface area contributed by atoms with Gasteiger partial charge in [-0.05, 0) is 67.3 Å². The van der Waals surface area contributed by atoms with Gasteiger partial charge < -0.3 is 19.7 Å². The van der Waals surface area contributed by atoms with E-state index in [1.807, 2.05) is 61.5 Å². The predicted molar refractivity (Wildman–Crippen MR) is 125 cm³/mol. The van der Waals surface area contributed by atoms with E-state index in [1.54, 1.807) is 19.0 Å². The molecule has 7 heteroatoms. The van der Waals surface area contributed by atoms with Gasteiger partial charge in [-0.1, -0.05) is 18.2 Å². The SMILES string of the molecule is Cc1nc(NC(=O)C2(c3ccc4c(c3)OCO4)CC2)ccc1-c1ccc(C(=O)N(C)C)cc1. The maximum Gasteiger partial charge on any atom is 0.253 e. The van der Waals surface area contributed by atoms with Crippen LogP contribution in [0.5, 0.6) is 11.5 Å². The third-order valence-electron chi connectivity index (χ3n) is 6.29. The van der Waals surface area contributed by atoms with Crippen LogP contribution in [0.1, 0.15) is 34.5 Å². The van der Waals surface area contributed by atoms with Gasteiger partial charge in [0.05, 0.1) is 5.41 Å². The van der Waals surface area contributed by atoms with Gasteiger partial charge in [0, 0.05) is 30.9 Å². The average molecular weight is 444 g/mol. The molecule has 1 N–H and O–H groups in total. The van der Waals surface area contributed by atoms with Crippen molar-refractivity contribution in [3.05, 3.63) is 71.4 Å². The van der Waals surface area contributed by atoms with Crippen LogP contribution in [0, 0.1) is 6.92 Å². The van der Waals surface area contributed by atoms with E-state index in [2.05, 4.69) is 10.3 Å². The summed E-state index contributed by atoms with van der Waals surface area (Å²) < 4.78 is 10.9. The first-order valence-electron chi connectivity index (χ1n) is 10.9. The number of rotatable bonds is 5. The molecule has 7 nitrogen and oxygen atoms in total. The minimum Gasteiger partial charge on any atom is -0.454 e. The Morgan fingerprint density at radius 3 is 2.36 bits per heavy atom. The van der Waals surface area contributed by atoms with Crippen LogP contribution in [0.4, 0.5) is 5.82 Å². The molecule has 1 saturated carbocycles. The lowest BCUT2D eigenvalue weighted by molar-refractivity contribution is -0.118. The number of carbonyl (C=O) groups is 2. The summed E-state index contributed by atoms with van der Waals surface area (Å²) in [5.41, 5.74) is 3.74. The molecule has 168 valence electrons. The summed E-state index contributed by atoms with van der Waals surface area (Å²) in [6.07, 6.45) is 1.57. The Morgan fingerprint density at radius 1 is 0.970 bits per heavy atom. The van der Waals surface area contributed by atoms with Gasteiger partial charge in [-0.2, -0.15) is 0 Å². The van der Waals surface area contributed by atoms with E-state index < -0.39 is 5.41 Å². The number of benzene rings is 2. The summed E-state index contributed by atoms with van der Waals surface area (Å²) in [4.78, 5) is 31.4. The first kappa shape index (κ1) is 21.0. The Labute approximate surface area is 192 Å². The average Bonchev–Trinajstić information content (AvgIpc) is 3.49. The zero-order chi connectivity index (χ0) is 23.2. The summed E-state index contributed by atoms with van der Waals surface area (Å²) >= 11 is 0. The summed E-state index contributed by atoms with van der Waals surface area (Å²) in [6.45, 7) is 2.12. The van der Waals surface area contributed by atoms with Crippen LogP contribution in [0.25, 0.3) is 11.1 Å². The van der Waals surface area contributed by atoms with Gasteiger partial charge in [0.15, 0.2) is 11.5 Å². The molecular weight excluding hydrogens is 418 g/mol. The molecule has 0 bridgehead atoms. The van der Waals surface area contributed by atoms with Crippen LogP contribution in [-0.2, 0) is 10.2 Å². The van der Waals surface area contributed by atoms with Gasteiger partial charge in [0.25, 0.3) is 5.91 Å². The molecule has 1 aliphatic heterocycles. The highest BCUT2D eigenvalue weighted by Crippen LogP contribution is 2.51. The van der Waals surface area contributed by atoms with Gasteiger partial charge in [-0.15, -0.1) is 0 Å². The lowest BCUT2D eigenvalue weighted by Gasteiger charge is -2.17. The highest BCUT2D eigenvalue weighted by Gasteiger charge is 2.51. The lowest BCUT2D eigenvalue weighted by Crippen LogP contribution is -2.28. The number of aryl methyl sites for hydroxylation is 1. The topological polar surface area (TPSA) is 80.8 Å². The maximum atomic E-state index is 13.2. The number of nitrogens with one attached hydrogen (secondary N) is 1. The minimum atomic E-state index is -0.552. The highest BCUT2D eigenvalue weighted by atomic mass is 16.7. The number of anilines is 1. The first-order valence-corrected chi connectivity index (χ1v) is 10.9. The minimum absolute atomic E-state index is 0.0362. The molecule has 1 aromatic heterocycles. The van der Waals surface area contributed by atoms with Crippen LogP contribution in [-0.4, -0.2) is 42.6 Å². The van der Waals surface area contributed by atoms with Crippen molar-refractivity contribution < 1.29 is 19.1 Å². The first-order chi connectivity index (χ1) is 15.9. The Hall–Kier alpha value is -3.87. The van der Waals surface area contributed by atoms with Crippen molar-refractivity contribution in [3.63, 3.8) is 0 Å². The van der Waals surface area contributed by atoms with Crippen molar-refractivity contribution in [1.82, 2.24) is 9.88 Å². The Morgan fingerprint density at radius 2 is 1.70 bits per heavy atom. The van der Waals surface area contributed by atoms with E-state index in [0.29, 0.717) is 22.9 Å². The fourth-order valence-electron chi connectivity index (χ4n) is 4.19. The number of fused-ring (bicyclic) bond motifs is 1. The number of aromatic nitrogens is 1. The van der Waals surface area contributed by atoms with Crippen molar-refractivity contribution in [2.75, 3.05) is 26.2 Å². The molecular formula is C26H25N3O4. The standard InChI is InChI=1S/C26H25N3O4/c1-16-20(17-4-6-18(7-5-17)24(30)29(2)3)9-11-23(27-16)28-25(31)26(12-13-26)19-8-10-21-22(14-19)33-15-32-21/h4-11,14H,12-13,15H2,1-3H3,(H,27,28,31). The van der Waals surface area contributed by atoms with Crippen LogP contribution in [0.3, 0.4) is 0 Å². The molecule has 33 heavy (non-hydrogen) atoms. The molecule has 2 aliphatic rings. The molecule has 5 rings (SSSR count). The van der Waals surface area contributed by atoms with E-state index in [4.69, 9.17) is 9.47 Å². The molecule has 0 spiro atoms. The van der Waals surface area contributed by atoms with Crippen molar-refractivity contribution >= 4 is 17.6 Å². The molecule has 2 heterocycles. The molecule has 3 aromatic rings. The van der Waals surface area contributed by atoms with Crippen LogP contribution in [0.15, 0.2) is 54.6 Å². The molecule has 0 unspecified atom stereocenters. The number of hydrogen-bond acceptors (Lipinski definition) is 5. The van der Waals surface area contributed by atoms with Crippen LogP contribution < -0.4 is 14.8 Å². The van der Waals surface area contributed by atoms with Crippen molar-refractivity contribution in [3.8, 4) is 22.6 Å². The summed E-state index contributed by atoms with van der Waals surface area (Å²) in [7, 11) is 3.46. The molecule has 2 amide bonds. The van der Waals surface area contributed by atoms with Gasteiger partial charge >= 0.3 is 0 Å². The molecule has 0 saturated heterocycles. The van der Waals surface area contributed by atoms with Gasteiger partial charge in [0.2, 0.25) is 12.7 Å². The van der Waals surface area contributed by atoms with Crippen LogP contribution in [0.2, 0.25) is 0 Å². The van der Waals surface area contributed by atoms with Crippen molar-refractivity contribution in [1.29, 1.82) is 0 Å². The molecule has 0 atom stereocenters. The molecule has 1 fully saturated rings. The summed E-state index contributed by atoms with van der Waals surface area (Å²) in [6, 6.07) is 16.9. The van der Waals surface area contributed by atoms with E-state index in [1.165, 1.54) is 0 Å². The second kappa shape index (κ2) is 7.92. The third-order valence-corrected chi connectivity index (χ3v) is 6.29. The number of pyridine rings is 1. The number of carbonyl (C=O) groups excluding carboxylic acids is 2. The Kier molecular flexibility index (Phi) is 5.04. The second-order valence-corrected chi connectivity index (χ2v) is 8.71. The van der Waals surface area contributed by atoms with E-state index in [-0.39, 0.29) is 18.6 Å². The summed E-state index contributed by atoms with van der Waals surface area (Å²) in [5.74, 6) is 1.82. The number of nitrogens with zero attached hydrogens (tertiary/aromatic N) is 2.